The van der Waals surface area contributed by atoms with E-state index >= 15 is 0 Å². The average molecular weight is 577 g/mol. The van der Waals surface area contributed by atoms with Crippen LogP contribution < -0.4 is 16.4 Å². The molecule has 0 heterocycles. The largest absolute Gasteiger partial charge is 0.390 e. The molecule has 3 amide bonds. The molecule has 0 bridgehead atoms. The maximum Gasteiger partial charge on any atom is 0.253 e. The van der Waals surface area contributed by atoms with Gasteiger partial charge in [-0.2, -0.15) is 0 Å². The highest BCUT2D eigenvalue weighted by Gasteiger charge is 2.25. The summed E-state index contributed by atoms with van der Waals surface area (Å²) in [5.74, 6) is -1.74. The Hall–Kier alpha value is -3.01. The van der Waals surface area contributed by atoms with Crippen molar-refractivity contribution >= 4 is 29.3 Å². The Morgan fingerprint density at radius 3 is 2.20 bits per heavy atom. The monoisotopic (exact) mass is 576 g/mol. The predicted molar refractivity (Wildman–Crippen MR) is 156 cm³/mol. The van der Waals surface area contributed by atoms with Crippen LogP contribution >= 0.6 is 11.6 Å². The summed E-state index contributed by atoms with van der Waals surface area (Å²) in [5.41, 5.74) is 6.26. The Kier molecular flexibility index (Phi) is 13.5. The molecule has 0 saturated heterocycles. The van der Waals surface area contributed by atoms with E-state index in [0.29, 0.717) is 31.1 Å². The second kappa shape index (κ2) is 16.3. The zero-order valence-electron chi connectivity index (χ0n) is 23.8. The minimum absolute atomic E-state index is 0.0216. The standard InChI is InChI=1S/C30H42ClFN4O4/c1-5-9-36(10-6-2)30(40)23-15-21(28(33)38)14-22(16-23)29(39)35-26(27(37)18-34-8-7-19(3)4)13-20-11-24(31)17-25(32)12-20/h11-12,14-17,19,26-27,34,37H,5-10,13,18H2,1-4H3,(H2,33,38)(H,35,39)/t26-,27+/m0/s1. The van der Waals surface area contributed by atoms with Gasteiger partial charge in [-0.15, -0.1) is 0 Å². The molecule has 0 fully saturated rings. The third kappa shape index (κ3) is 10.5. The van der Waals surface area contributed by atoms with Crippen LogP contribution in [0.5, 0.6) is 0 Å². The molecule has 2 rings (SSSR count). The lowest BCUT2D eigenvalue weighted by Crippen LogP contribution is -2.49. The van der Waals surface area contributed by atoms with Crippen LogP contribution in [0.25, 0.3) is 0 Å². The molecule has 0 aliphatic heterocycles. The average Bonchev–Trinajstić information content (AvgIpc) is 2.89. The van der Waals surface area contributed by atoms with Crippen molar-refractivity contribution < 1.29 is 23.9 Å². The Balaban J connectivity index is 2.37. The third-order valence-corrected chi connectivity index (χ3v) is 6.63. The van der Waals surface area contributed by atoms with E-state index in [0.717, 1.165) is 19.3 Å². The van der Waals surface area contributed by atoms with Crippen molar-refractivity contribution in [2.75, 3.05) is 26.2 Å². The van der Waals surface area contributed by atoms with Gasteiger partial charge in [0.1, 0.15) is 5.82 Å². The lowest BCUT2D eigenvalue weighted by Gasteiger charge is -2.26. The molecule has 2 aromatic carbocycles. The first-order valence-corrected chi connectivity index (χ1v) is 14.2. The van der Waals surface area contributed by atoms with Crippen LogP contribution in [-0.2, 0) is 6.42 Å². The zero-order valence-corrected chi connectivity index (χ0v) is 24.6. The molecule has 0 aliphatic rings. The van der Waals surface area contributed by atoms with Gasteiger partial charge in [0, 0.05) is 41.3 Å². The molecule has 0 unspecified atom stereocenters. The molecule has 0 aromatic heterocycles. The van der Waals surface area contributed by atoms with Crippen molar-refractivity contribution in [2.24, 2.45) is 11.7 Å². The van der Waals surface area contributed by atoms with Gasteiger partial charge in [0.15, 0.2) is 0 Å². The lowest BCUT2D eigenvalue weighted by molar-refractivity contribution is 0.0755. The summed E-state index contributed by atoms with van der Waals surface area (Å²) in [6, 6.07) is 7.35. The maximum absolute atomic E-state index is 14.0. The summed E-state index contributed by atoms with van der Waals surface area (Å²) < 4.78 is 14.0. The molecule has 2 aromatic rings. The number of carbonyl (C=O) groups excluding carboxylic acids is 3. The van der Waals surface area contributed by atoms with Gasteiger partial charge in [0.05, 0.1) is 12.1 Å². The van der Waals surface area contributed by atoms with Crippen LogP contribution in [0.1, 0.15) is 83.6 Å². The topological polar surface area (TPSA) is 125 Å². The van der Waals surface area contributed by atoms with Gasteiger partial charge in [-0.05, 0) is 80.1 Å². The van der Waals surface area contributed by atoms with Crippen LogP contribution in [-0.4, -0.2) is 66.1 Å². The van der Waals surface area contributed by atoms with E-state index in [-0.39, 0.29) is 40.6 Å². The number of rotatable bonds is 16. The number of amides is 3. The molecule has 0 radical (unpaired) electrons. The van der Waals surface area contributed by atoms with Gasteiger partial charge in [0.25, 0.3) is 11.8 Å². The second-order valence-electron chi connectivity index (χ2n) is 10.5. The van der Waals surface area contributed by atoms with E-state index in [1.807, 2.05) is 13.8 Å². The number of primary amides is 1. The molecule has 0 spiro atoms. The van der Waals surface area contributed by atoms with Crippen LogP contribution in [0.15, 0.2) is 36.4 Å². The minimum atomic E-state index is -1.02. The molecule has 2 atom stereocenters. The summed E-state index contributed by atoms with van der Waals surface area (Å²) in [6.45, 7) is 10.0. The molecule has 220 valence electrons. The lowest BCUT2D eigenvalue weighted by atomic mass is 9.99. The Morgan fingerprint density at radius 2 is 1.62 bits per heavy atom. The first kappa shape index (κ1) is 33.2. The van der Waals surface area contributed by atoms with Gasteiger partial charge in [0.2, 0.25) is 5.91 Å². The number of halogens is 2. The van der Waals surface area contributed by atoms with E-state index in [2.05, 4.69) is 24.5 Å². The fourth-order valence-electron chi connectivity index (χ4n) is 4.36. The van der Waals surface area contributed by atoms with Crippen molar-refractivity contribution in [2.45, 2.75) is 65.5 Å². The third-order valence-electron chi connectivity index (χ3n) is 6.41. The Bertz CT molecular complexity index is 1130. The molecular weight excluding hydrogens is 535 g/mol. The molecule has 0 aliphatic carbocycles. The predicted octanol–water partition coefficient (Wildman–Crippen LogP) is 4.18. The Labute approximate surface area is 241 Å². The molecular formula is C30H42ClFN4O4. The maximum atomic E-state index is 14.0. The number of aliphatic hydroxyl groups excluding tert-OH is 1. The normalized spacial score (nSPS) is 12.7. The molecule has 0 saturated carbocycles. The van der Waals surface area contributed by atoms with Gasteiger partial charge < -0.3 is 26.4 Å². The van der Waals surface area contributed by atoms with Crippen LogP contribution in [0, 0.1) is 11.7 Å². The highest BCUT2D eigenvalue weighted by Crippen LogP contribution is 2.18. The molecule has 5 N–H and O–H groups in total. The number of nitrogens with two attached hydrogens (primary N) is 1. The number of hydrogen-bond acceptors (Lipinski definition) is 5. The van der Waals surface area contributed by atoms with Crippen molar-refractivity contribution in [3.8, 4) is 0 Å². The number of hydrogen-bond donors (Lipinski definition) is 4. The molecule has 40 heavy (non-hydrogen) atoms. The molecule has 10 heteroatoms. The zero-order chi connectivity index (χ0) is 29.8. The second-order valence-corrected chi connectivity index (χ2v) is 10.9. The quantitative estimate of drug-likeness (QED) is 0.223. The first-order valence-electron chi connectivity index (χ1n) is 13.8. The van der Waals surface area contributed by atoms with E-state index in [1.165, 1.54) is 30.3 Å². The Morgan fingerprint density at radius 1 is 1.00 bits per heavy atom. The summed E-state index contributed by atoms with van der Waals surface area (Å²) in [5, 5.41) is 17.2. The fraction of sp³-hybridized carbons (Fsp3) is 0.500. The van der Waals surface area contributed by atoms with Crippen molar-refractivity contribution in [1.82, 2.24) is 15.5 Å². The van der Waals surface area contributed by atoms with Crippen LogP contribution in [0.3, 0.4) is 0 Å². The van der Waals surface area contributed by atoms with Crippen molar-refractivity contribution in [3.63, 3.8) is 0 Å². The van der Waals surface area contributed by atoms with Crippen LogP contribution in [0.2, 0.25) is 5.02 Å². The van der Waals surface area contributed by atoms with E-state index in [9.17, 15) is 23.9 Å². The minimum Gasteiger partial charge on any atom is -0.390 e. The van der Waals surface area contributed by atoms with Gasteiger partial charge >= 0.3 is 0 Å². The molecule has 8 nitrogen and oxygen atoms in total. The van der Waals surface area contributed by atoms with E-state index in [1.54, 1.807) is 11.0 Å². The number of benzene rings is 2. The van der Waals surface area contributed by atoms with Crippen molar-refractivity contribution in [1.29, 1.82) is 0 Å². The van der Waals surface area contributed by atoms with Crippen molar-refractivity contribution in [3.05, 3.63) is 69.5 Å². The number of nitrogens with one attached hydrogen (secondary N) is 2. The summed E-state index contributed by atoms with van der Waals surface area (Å²) in [6.07, 6.45) is 1.49. The SMILES string of the molecule is CCCN(CCC)C(=O)c1cc(C(N)=O)cc(C(=O)N[C@@H](Cc2cc(F)cc(Cl)c2)[C@H](O)CNCCC(C)C)c1. The number of nitrogens with zero attached hydrogens (tertiary/aromatic N) is 1. The highest BCUT2D eigenvalue weighted by molar-refractivity contribution is 6.30. The number of aliphatic hydroxyl groups is 1. The van der Waals surface area contributed by atoms with Crippen LogP contribution in [0.4, 0.5) is 4.39 Å². The number of carbonyl (C=O) groups is 3. The van der Waals surface area contributed by atoms with E-state index in [4.69, 9.17) is 17.3 Å². The van der Waals surface area contributed by atoms with E-state index < -0.39 is 29.8 Å². The summed E-state index contributed by atoms with van der Waals surface area (Å²) in [4.78, 5) is 40.4. The summed E-state index contributed by atoms with van der Waals surface area (Å²) >= 11 is 6.03. The van der Waals surface area contributed by atoms with Gasteiger partial charge in [-0.25, -0.2) is 4.39 Å². The summed E-state index contributed by atoms with van der Waals surface area (Å²) in [7, 11) is 0. The van der Waals surface area contributed by atoms with Gasteiger partial charge in [-0.3, -0.25) is 14.4 Å². The fourth-order valence-corrected chi connectivity index (χ4v) is 4.61. The smallest absolute Gasteiger partial charge is 0.253 e. The van der Waals surface area contributed by atoms with Gasteiger partial charge in [-0.1, -0.05) is 39.3 Å². The highest BCUT2D eigenvalue weighted by atomic mass is 35.5. The first-order chi connectivity index (χ1) is 18.9.